The van der Waals surface area contributed by atoms with Crippen LogP contribution < -0.4 is 5.73 Å². The van der Waals surface area contributed by atoms with Crippen molar-refractivity contribution in [3.8, 4) is 0 Å². The maximum atomic E-state index is 7.45. The number of rotatable bonds is 4. The predicted octanol–water partition coefficient (Wildman–Crippen LogP) is 3.76. The third-order valence-electron chi connectivity index (χ3n) is 4.41. The van der Waals surface area contributed by atoms with Crippen LogP contribution in [0.5, 0.6) is 0 Å². The first kappa shape index (κ1) is 15.0. The number of hydrogen-bond donors (Lipinski definition) is 2. The van der Waals surface area contributed by atoms with Crippen molar-refractivity contribution in [1.82, 2.24) is 0 Å². The Kier molecular flexibility index (Phi) is 4.48. The predicted molar refractivity (Wildman–Crippen MR) is 83.0 cm³/mol. The Labute approximate surface area is 122 Å². The van der Waals surface area contributed by atoms with Gasteiger partial charge in [-0.25, -0.2) is 0 Å². The van der Waals surface area contributed by atoms with Gasteiger partial charge in [-0.2, -0.15) is 0 Å². The second-order valence-electron chi connectivity index (χ2n) is 6.73. The highest BCUT2D eigenvalue weighted by Crippen LogP contribution is 2.36. The van der Waals surface area contributed by atoms with Gasteiger partial charge >= 0.3 is 0 Å². The highest BCUT2D eigenvalue weighted by molar-refractivity contribution is 5.95. The van der Waals surface area contributed by atoms with Crippen LogP contribution in [0.2, 0.25) is 0 Å². The SMILES string of the molecule is Cc1cc(C(=N)N)ccc1COC1CCC(C)(C)CC1. The number of hydrogen-bond acceptors (Lipinski definition) is 2. The molecule has 2 rings (SSSR count). The molecule has 1 fully saturated rings. The van der Waals surface area contributed by atoms with E-state index in [1.54, 1.807) is 0 Å². The van der Waals surface area contributed by atoms with E-state index in [4.69, 9.17) is 15.9 Å². The van der Waals surface area contributed by atoms with Gasteiger partial charge in [0.1, 0.15) is 5.84 Å². The fourth-order valence-corrected chi connectivity index (χ4v) is 2.77. The maximum Gasteiger partial charge on any atom is 0.122 e. The van der Waals surface area contributed by atoms with Crippen LogP contribution in [0, 0.1) is 17.7 Å². The number of nitrogen functional groups attached to an aromatic ring is 1. The molecule has 0 aliphatic heterocycles. The van der Waals surface area contributed by atoms with Crippen LogP contribution in [0.3, 0.4) is 0 Å². The molecular weight excluding hydrogens is 248 g/mol. The quantitative estimate of drug-likeness (QED) is 0.648. The molecule has 1 aliphatic carbocycles. The second kappa shape index (κ2) is 5.96. The molecule has 1 aromatic rings. The molecule has 20 heavy (non-hydrogen) atoms. The Balaban J connectivity index is 1.90. The molecule has 1 saturated carbocycles. The van der Waals surface area contributed by atoms with Crippen molar-refractivity contribution in [2.75, 3.05) is 0 Å². The first-order valence-corrected chi connectivity index (χ1v) is 7.43. The van der Waals surface area contributed by atoms with E-state index in [2.05, 4.69) is 20.8 Å². The van der Waals surface area contributed by atoms with Crippen LogP contribution in [0.1, 0.15) is 56.2 Å². The third-order valence-corrected chi connectivity index (χ3v) is 4.41. The third kappa shape index (κ3) is 3.83. The van der Waals surface area contributed by atoms with Gasteiger partial charge in [0.15, 0.2) is 0 Å². The van der Waals surface area contributed by atoms with Crippen LogP contribution in [0.4, 0.5) is 0 Å². The standard InChI is InChI=1S/C17H26N2O/c1-12-10-13(16(18)19)4-5-14(12)11-20-15-6-8-17(2,3)9-7-15/h4-5,10,15H,6-9,11H2,1-3H3,(H3,18,19). The molecule has 3 N–H and O–H groups in total. The number of nitrogens with two attached hydrogens (primary N) is 1. The average molecular weight is 274 g/mol. The van der Waals surface area contributed by atoms with Gasteiger partial charge in [-0.1, -0.05) is 26.0 Å². The van der Waals surface area contributed by atoms with Gasteiger partial charge < -0.3 is 10.5 Å². The molecule has 0 heterocycles. The molecule has 0 atom stereocenters. The van der Waals surface area contributed by atoms with Crippen molar-refractivity contribution < 1.29 is 4.74 Å². The van der Waals surface area contributed by atoms with Gasteiger partial charge in [-0.15, -0.1) is 0 Å². The van der Waals surface area contributed by atoms with E-state index in [1.165, 1.54) is 18.4 Å². The molecule has 3 nitrogen and oxygen atoms in total. The molecule has 1 aromatic carbocycles. The lowest BCUT2D eigenvalue weighted by Crippen LogP contribution is -2.26. The van der Waals surface area contributed by atoms with Crippen molar-refractivity contribution in [2.24, 2.45) is 11.1 Å². The maximum absolute atomic E-state index is 7.45. The summed E-state index contributed by atoms with van der Waals surface area (Å²) in [5.74, 6) is 0.120. The van der Waals surface area contributed by atoms with Gasteiger partial charge in [0.2, 0.25) is 0 Å². The molecule has 1 aliphatic rings. The van der Waals surface area contributed by atoms with Gasteiger partial charge in [0.25, 0.3) is 0 Å². The topological polar surface area (TPSA) is 59.1 Å². The Morgan fingerprint density at radius 1 is 1.35 bits per heavy atom. The minimum Gasteiger partial charge on any atom is -0.384 e. The highest BCUT2D eigenvalue weighted by atomic mass is 16.5. The minimum atomic E-state index is 0.120. The summed E-state index contributed by atoms with van der Waals surface area (Å²) in [6.07, 6.45) is 5.23. The smallest absolute Gasteiger partial charge is 0.122 e. The summed E-state index contributed by atoms with van der Waals surface area (Å²) < 4.78 is 6.06. The summed E-state index contributed by atoms with van der Waals surface area (Å²) in [5, 5.41) is 7.45. The number of benzene rings is 1. The van der Waals surface area contributed by atoms with E-state index in [1.807, 2.05) is 18.2 Å². The number of ether oxygens (including phenoxy) is 1. The summed E-state index contributed by atoms with van der Waals surface area (Å²) in [4.78, 5) is 0. The molecule has 0 spiro atoms. The van der Waals surface area contributed by atoms with Gasteiger partial charge in [-0.05, 0) is 55.2 Å². The van der Waals surface area contributed by atoms with E-state index in [0.29, 0.717) is 18.1 Å². The van der Waals surface area contributed by atoms with Crippen molar-refractivity contribution in [3.05, 3.63) is 34.9 Å². The lowest BCUT2D eigenvalue weighted by atomic mass is 9.76. The second-order valence-corrected chi connectivity index (χ2v) is 6.73. The lowest BCUT2D eigenvalue weighted by Gasteiger charge is -2.34. The fourth-order valence-electron chi connectivity index (χ4n) is 2.77. The molecule has 110 valence electrons. The van der Waals surface area contributed by atoms with E-state index in [-0.39, 0.29) is 5.84 Å². The Morgan fingerprint density at radius 3 is 2.55 bits per heavy atom. The highest BCUT2D eigenvalue weighted by Gasteiger charge is 2.27. The Hall–Kier alpha value is -1.35. The van der Waals surface area contributed by atoms with E-state index in [0.717, 1.165) is 24.0 Å². The van der Waals surface area contributed by atoms with Gasteiger partial charge in [-0.3, -0.25) is 5.41 Å². The molecule has 0 saturated heterocycles. The van der Waals surface area contributed by atoms with Crippen molar-refractivity contribution in [1.29, 1.82) is 5.41 Å². The summed E-state index contributed by atoms with van der Waals surface area (Å²) in [6, 6.07) is 5.89. The van der Waals surface area contributed by atoms with Crippen LogP contribution >= 0.6 is 0 Å². The molecule has 0 amide bonds. The molecule has 3 heteroatoms. The zero-order chi connectivity index (χ0) is 14.8. The van der Waals surface area contributed by atoms with Crippen LogP contribution in [0.25, 0.3) is 0 Å². The van der Waals surface area contributed by atoms with Gasteiger partial charge in [0, 0.05) is 5.56 Å². The molecule has 0 unspecified atom stereocenters. The Morgan fingerprint density at radius 2 is 2.00 bits per heavy atom. The van der Waals surface area contributed by atoms with Crippen molar-refractivity contribution in [2.45, 2.75) is 59.2 Å². The number of aryl methyl sites for hydroxylation is 1. The molecule has 0 radical (unpaired) electrons. The zero-order valence-electron chi connectivity index (χ0n) is 12.8. The van der Waals surface area contributed by atoms with E-state index >= 15 is 0 Å². The van der Waals surface area contributed by atoms with Gasteiger partial charge in [0.05, 0.1) is 12.7 Å². The van der Waals surface area contributed by atoms with Crippen molar-refractivity contribution in [3.63, 3.8) is 0 Å². The largest absolute Gasteiger partial charge is 0.384 e. The monoisotopic (exact) mass is 274 g/mol. The summed E-state index contributed by atoms with van der Waals surface area (Å²) in [5.41, 5.74) is 9.11. The Bertz CT molecular complexity index is 484. The zero-order valence-corrected chi connectivity index (χ0v) is 12.8. The normalized spacial score (nSPS) is 18.9. The average Bonchev–Trinajstić information content (AvgIpc) is 2.38. The first-order valence-electron chi connectivity index (χ1n) is 7.43. The number of nitrogens with one attached hydrogen (secondary N) is 1. The minimum absolute atomic E-state index is 0.120. The number of amidine groups is 1. The molecule has 0 aromatic heterocycles. The van der Waals surface area contributed by atoms with Crippen LogP contribution in [-0.2, 0) is 11.3 Å². The summed E-state index contributed by atoms with van der Waals surface area (Å²) in [7, 11) is 0. The lowest BCUT2D eigenvalue weighted by molar-refractivity contribution is -0.00576. The summed E-state index contributed by atoms with van der Waals surface area (Å²) in [6.45, 7) is 7.39. The molecule has 0 bridgehead atoms. The first-order chi connectivity index (χ1) is 9.37. The summed E-state index contributed by atoms with van der Waals surface area (Å²) >= 11 is 0. The van der Waals surface area contributed by atoms with E-state index in [9.17, 15) is 0 Å². The molecular formula is C17H26N2O. The van der Waals surface area contributed by atoms with Crippen molar-refractivity contribution >= 4 is 5.84 Å². The van der Waals surface area contributed by atoms with E-state index < -0.39 is 0 Å². The van der Waals surface area contributed by atoms with Crippen LogP contribution in [-0.4, -0.2) is 11.9 Å². The van der Waals surface area contributed by atoms with Crippen LogP contribution in [0.15, 0.2) is 18.2 Å². The fraction of sp³-hybridized carbons (Fsp3) is 0.588.